The van der Waals surface area contributed by atoms with E-state index in [1.54, 1.807) is 0 Å². The number of hydrogen-bond donors (Lipinski definition) is 2. The molecule has 4 heteroatoms. The number of nitrogens with two attached hydrogens (primary N) is 1. The standard InChI is InChI=1S/C15H23N3O/c1-17-10-12-6-2-5-9-14(12)18(11-15(16)19)13-7-3-4-8-13/h2,5-6,9,13,17H,3-4,7-8,10-11H2,1H3,(H2,16,19). The van der Waals surface area contributed by atoms with Crippen LogP contribution in [-0.4, -0.2) is 25.5 Å². The highest BCUT2D eigenvalue weighted by atomic mass is 16.1. The Labute approximate surface area is 115 Å². The van der Waals surface area contributed by atoms with Crippen LogP contribution in [0.3, 0.4) is 0 Å². The van der Waals surface area contributed by atoms with Crippen molar-refractivity contribution in [3.8, 4) is 0 Å². The molecule has 19 heavy (non-hydrogen) atoms. The van der Waals surface area contributed by atoms with E-state index in [2.05, 4.69) is 22.3 Å². The Kier molecular flexibility index (Phi) is 4.80. The van der Waals surface area contributed by atoms with Crippen LogP contribution in [0.4, 0.5) is 5.69 Å². The molecule has 1 fully saturated rings. The summed E-state index contributed by atoms with van der Waals surface area (Å²) in [5.74, 6) is -0.258. The molecule has 1 aliphatic carbocycles. The quantitative estimate of drug-likeness (QED) is 0.818. The number of para-hydroxylation sites is 1. The van der Waals surface area contributed by atoms with Gasteiger partial charge in [-0.3, -0.25) is 4.79 Å². The normalized spacial score (nSPS) is 15.6. The Balaban J connectivity index is 2.28. The second-order valence-corrected chi connectivity index (χ2v) is 5.19. The zero-order chi connectivity index (χ0) is 13.7. The Bertz CT molecular complexity index is 427. The number of hydrogen-bond acceptors (Lipinski definition) is 3. The third-order valence-corrected chi connectivity index (χ3v) is 3.76. The van der Waals surface area contributed by atoms with Crippen LogP contribution in [0.5, 0.6) is 0 Å². The molecule has 0 unspecified atom stereocenters. The highest BCUT2D eigenvalue weighted by Crippen LogP contribution is 2.30. The second kappa shape index (κ2) is 6.57. The summed E-state index contributed by atoms with van der Waals surface area (Å²) in [7, 11) is 1.94. The summed E-state index contributed by atoms with van der Waals surface area (Å²) in [6.45, 7) is 1.11. The van der Waals surface area contributed by atoms with Crippen molar-refractivity contribution in [2.45, 2.75) is 38.3 Å². The summed E-state index contributed by atoms with van der Waals surface area (Å²) >= 11 is 0. The fourth-order valence-corrected chi connectivity index (χ4v) is 2.93. The van der Waals surface area contributed by atoms with Gasteiger partial charge in [-0.05, 0) is 31.5 Å². The van der Waals surface area contributed by atoms with E-state index in [1.807, 2.05) is 19.2 Å². The molecule has 2 rings (SSSR count). The van der Waals surface area contributed by atoms with Crippen molar-refractivity contribution in [3.05, 3.63) is 29.8 Å². The van der Waals surface area contributed by atoms with Crippen LogP contribution < -0.4 is 16.0 Å². The van der Waals surface area contributed by atoms with Gasteiger partial charge in [-0.2, -0.15) is 0 Å². The lowest BCUT2D eigenvalue weighted by molar-refractivity contribution is -0.116. The molecule has 1 saturated carbocycles. The number of nitrogens with one attached hydrogen (secondary N) is 1. The lowest BCUT2D eigenvalue weighted by atomic mass is 10.1. The van der Waals surface area contributed by atoms with Crippen LogP contribution in [0.1, 0.15) is 31.2 Å². The lowest BCUT2D eigenvalue weighted by Gasteiger charge is -2.31. The van der Waals surface area contributed by atoms with Crippen molar-refractivity contribution < 1.29 is 4.79 Å². The summed E-state index contributed by atoms with van der Waals surface area (Å²) in [6, 6.07) is 8.71. The van der Waals surface area contributed by atoms with E-state index in [9.17, 15) is 4.79 Å². The van der Waals surface area contributed by atoms with Crippen LogP contribution in [-0.2, 0) is 11.3 Å². The van der Waals surface area contributed by atoms with Gasteiger partial charge in [0, 0.05) is 18.3 Å². The van der Waals surface area contributed by atoms with Crippen LogP contribution in [0.15, 0.2) is 24.3 Å². The molecular formula is C15H23N3O. The van der Waals surface area contributed by atoms with E-state index in [-0.39, 0.29) is 5.91 Å². The lowest BCUT2D eigenvalue weighted by Crippen LogP contribution is -2.40. The fraction of sp³-hybridized carbons (Fsp3) is 0.533. The summed E-state index contributed by atoms with van der Waals surface area (Å²) in [6.07, 6.45) is 4.80. The van der Waals surface area contributed by atoms with Gasteiger partial charge in [0.1, 0.15) is 0 Å². The van der Waals surface area contributed by atoms with Gasteiger partial charge in [0.15, 0.2) is 0 Å². The van der Waals surface area contributed by atoms with E-state index in [4.69, 9.17) is 5.73 Å². The van der Waals surface area contributed by atoms with Crippen molar-refractivity contribution >= 4 is 11.6 Å². The number of carbonyl (C=O) groups is 1. The highest BCUT2D eigenvalue weighted by Gasteiger charge is 2.25. The molecule has 0 radical (unpaired) electrons. The monoisotopic (exact) mass is 261 g/mol. The Morgan fingerprint density at radius 3 is 2.68 bits per heavy atom. The molecule has 0 heterocycles. The zero-order valence-corrected chi connectivity index (χ0v) is 11.6. The van der Waals surface area contributed by atoms with Gasteiger partial charge in [-0.15, -0.1) is 0 Å². The van der Waals surface area contributed by atoms with E-state index < -0.39 is 0 Å². The second-order valence-electron chi connectivity index (χ2n) is 5.19. The molecule has 1 amide bonds. The topological polar surface area (TPSA) is 58.4 Å². The maximum atomic E-state index is 11.4. The number of benzene rings is 1. The van der Waals surface area contributed by atoms with Crippen LogP contribution in [0, 0.1) is 0 Å². The maximum absolute atomic E-state index is 11.4. The average Bonchev–Trinajstić information content (AvgIpc) is 2.91. The Morgan fingerprint density at radius 1 is 1.37 bits per heavy atom. The van der Waals surface area contributed by atoms with Crippen LogP contribution >= 0.6 is 0 Å². The molecular weight excluding hydrogens is 238 g/mol. The fourth-order valence-electron chi connectivity index (χ4n) is 2.93. The van der Waals surface area contributed by atoms with Gasteiger partial charge in [-0.1, -0.05) is 31.0 Å². The third kappa shape index (κ3) is 3.47. The number of rotatable bonds is 6. The van der Waals surface area contributed by atoms with Gasteiger partial charge in [0.05, 0.1) is 6.54 Å². The molecule has 1 aliphatic rings. The van der Waals surface area contributed by atoms with Gasteiger partial charge in [-0.25, -0.2) is 0 Å². The first kappa shape index (κ1) is 13.9. The largest absolute Gasteiger partial charge is 0.368 e. The van der Waals surface area contributed by atoms with Crippen LogP contribution in [0.25, 0.3) is 0 Å². The molecule has 0 aliphatic heterocycles. The molecule has 0 bridgehead atoms. The molecule has 0 atom stereocenters. The minimum absolute atomic E-state index is 0.258. The number of carbonyl (C=O) groups excluding carboxylic acids is 1. The van der Waals surface area contributed by atoms with Gasteiger partial charge >= 0.3 is 0 Å². The first-order valence-corrected chi connectivity index (χ1v) is 7.00. The number of amides is 1. The predicted octanol–water partition coefficient (Wildman–Crippen LogP) is 1.64. The number of anilines is 1. The number of nitrogens with zero attached hydrogens (tertiary/aromatic N) is 1. The minimum atomic E-state index is -0.258. The average molecular weight is 261 g/mol. The molecule has 3 N–H and O–H groups in total. The van der Waals surface area contributed by atoms with E-state index in [0.717, 1.165) is 25.1 Å². The summed E-state index contributed by atoms with van der Waals surface area (Å²) < 4.78 is 0. The van der Waals surface area contributed by atoms with Crippen molar-refractivity contribution in [2.24, 2.45) is 5.73 Å². The van der Waals surface area contributed by atoms with Gasteiger partial charge < -0.3 is 16.0 Å². The molecule has 4 nitrogen and oxygen atoms in total. The van der Waals surface area contributed by atoms with E-state index >= 15 is 0 Å². The zero-order valence-electron chi connectivity index (χ0n) is 11.6. The molecule has 0 spiro atoms. The molecule has 104 valence electrons. The maximum Gasteiger partial charge on any atom is 0.236 e. The SMILES string of the molecule is CNCc1ccccc1N(CC(N)=O)C1CCCC1. The van der Waals surface area contributed by atoms with Crippen molar-refractivity contribution in [1.29, 1.82) is 0 Å². The molecule has 1 aromatic carbocycles. The predicted molar refractivity (Wildman–Crippen MR) is 78.0 cm³/mol. The summed E-state index contributed by atoms with van der Waals surface area (Å²) in [5, 5.41) is 3.18. The summed E-state index contributed by atoms with van der Waals surface area (Å²) in [4.78, 5) is 13.6. The van der Waals surface area contributed by atoms with Crippen molar-refractivity contribution in [2.75, 3.05) is 18.5 Å². The minimum Gasteiger partial charge on any atom is -0.368 e. The van der Waals surface area contributed by atoms with Gasteiger partial charge in [0.2, 0.25) is 5.91 Å². The highest BCUT2D eigenvalue weighted by molar-refractivity contribution is 5.80. The van der Waals surface area contributed by atoms with Gasteiger partial charge in [0.25, 0.3) is 0 Å². The van der Waals surface area contributed by atoms with E-state index in [0.29, 0.717) is 12.6 Å². The summed E-state index contributed by atoms with van der Waals surface area (Å²) in [5.41, 5.74) is 7.79. The smallest absolute Gasteiger partial charge is 0.236 e. The Morgan fingerprint density at radius 2 is 2.05 bits per heavy atom. The molecule has 1 aromatic rings. The molecule has 0 saturated heterocycles. The van der Waals surface area contributed by atoms with Crippen molar-refractivity contribution in [3.63, 3.8) is 0 Å². The third-order valence-electron chi connectivity index (χ3n) is 3.76. The Hall–Kier alpha value is -1.55. The van der Waals surface area contributed by atoms with Crippen molar-refractivity contribution in [1.82, 2.24) is 5.32 Å². The first-order chi connectivity index (χ1) is 9.22. The first-order valence-electron chi connectivity index (χ1n) is 7.00. The molecule has 0 aromatic heterocycles. The van der Waals surface area contributed by atoms with Crippen LogP contribution in [0.2, 0.25) is 0 Å². The number of primary amides is 1. The van der Waals surface area contributed by atoms with E-state index in [1.165, 1.54) is 18.4 Å².